The standard InChI is InChI=1S/C9H16O2/c1-8(2)9(10)6-4-5-7-11-3/h8-10H,6-7H2,1-3H3. The second-order valence-electron chi connectivity index (χ2n) is 2.80. The third kappa shape index (κ3) is 5.90. The van der Waals surface area contributed by atoms with Crippen LogP contribution in [-0.4, -0.2) is 24.9 Å². The van der Waals surface area contributed by atoms with Gasteiger partial charge in [0.25, 0.3) is 0 Å². The van der Waals surface area contributed by atoms with Crippen LogP contribution in [0.3, 0.4) is 0 Å². The van der Waals surface area contributed by atoms with E-state index in [-0.39, 0.29) is 12.0 Å². The second kappa shape index (κ2) is 6.21. The van der Waals surface area contributed by atoms with Crippen LogP contribution >= 0.6 is 0 Å². The molecule has 0 fully saturated rings. The minimum Gasteiger partial charge on any atom is -0.392 e. The lowest BCUT2D eigenvalue weighted by Gasteiger charge is -2.09. The first kappa shape index (κ1) is 10.5. The Morgan fingerprint density at radius 3 is 2.45 bits per heavy atom. The number of aliphatic hydroxyl groups excluding tert-OH is 1. The molecule has 0 radical (unpaired) electrons. The first-order valence-electron chi connectivity index (χ1n) is 3.81. The molecule has 2 nitrogen and oxygen atoms in total. The van der Waals surface area contributed by atoms with Gasteiger partial charge in [0.15, 0.2) is 0 Å². The van der Waals surface area contributed by atoms with Crippen molar-refractivity contribution >= 4 is 0 Å². The Balaban J connectivity index is 3.46. The van der Waals surface area contributed by atoms with Crippen LogP contribution in [0.25, 0.3) is 0 Å². The van der Waals surface area contributed by atoms with Gasteiger partial charge in [0.2, 0.25) is 0 Å². The van der Waals surface area contributed by atoms with E-state index < -0.39 is 0 Å². The fourth-order valence-electron chi connectivity index (χ4n) is 0.536. The Kier molecular flexibility index (Phi) is 5.91. The predicted molar refractivity (Wildman–Crippen MR) is 45.1 cm³/mol. The molecule has 1 N–H and O–H groups in total. The van der Waals surface area contributed by atoms with Gasteiger partial charge in [-0.15, -0.1) is 0 Å². The van der Waals surface area contributed by atoms with Gasteiger partial charge in [0.1, 0.15) is 6.61 Å². The summed E-state index contributed by atoms with van der Waals surface area (Å²) in [5.41, 5.74) is 0. The van der Waals surface area contributed by atoms with Gasteiger partial charge >= 0.3 is 0 Å². The molecule has 0 aromatic heterocycles. The van der Waals surface area contributed by atoms with Crippen molar-refractivity contribution in [3.8, 4) is 11.8 Å². The van der Waals surface area contributed by atoms with Crippen LogP contribution in [0.2, 0.25) is 0 Å². The lowest BCUT2D eigenvalue weighted by molar-refractivity contribution is 0.130. The van der Waals surface area contributed by atoms with Gasteiger partial charge in [-0.1, -0.05) is 25.7 Å². The van der Waals surface area contributed by atoms with Gasteiger partial charge in [-0.2, -0.15) is 0 Å². The number of rotatable bonds is 3. The Morgan fingerprint density at radius 1 is 1.36 bits per heavy atom. The zero-order chi connectivity index (χ0) is 8.69. The molecule has 11 heavy (non-hydrogen) atoms. The van der Waals surface area contributed by atoms with Crippen molar-refractivity contribution in [3.05, 3.63) is 0 Å². The molecule has 0 aromatic carbocycles. The SMILES string of the molecule is COCC#CCC(O)C(C)C. The fourth-order valence-corrected chi connectivity index (χ4v) is 0.536. The third-order valence-corrected chi connectivity index (χ3v) is 1.42. The molecule has 0 heterocycles. The molecule has 0 aliphatic carbocycles. The molecule has 1 atom stereocenters. The minimum atomic E-state index is -0.306. The molecule has 0 aromatic rings. The van der Waals surface area contributed by atoms with Crippen LogP contribution in [0, 0.1) is 17.8 Å². The van der Waals surface area contributed by atoms with Crippen LogP contribution in [-0.2, 0) is 4.74 Å². The van der Waals surface area contributed by atoms with Crippen molar-refractivity contribution in [2.75, 3.05) is 13.7 Å². The van der Waals surface area contributed by atoms with Crippen molar-refractivity contribution < 1.29 is 9.84 Å². The molecule has 0 aliphatic rings. The normalized spacial score (nSPS) is 12.5. The molecule has 0 rings (SSSR count). The number of hydrogen-bond acceptors (Lipinski definition) is 2. The summed E-state index contributed by atoms with van der Waals surface area (Å²) in [5, 5.41) is 9.28. The van der Waals surface area contributed by atoms with E-state index in [1.165, 1.54) is 0 Å². The summed E-state index contributed by atoms with van der Waals surface area (Å²) in [6.07, 6.45) is 0.237. The van der Waals surface area contributed by atoms with Crippen molar-refractivity contribution in [1.29, 1.82) is 0 Å². The average Bonchev–Trinajstić information content (AvgIpc) is 1.97. The van der Waals surface area contributed by atoms with Crippen LogP contribution < -0.4 is 0 Å². The van der Waals surface area contributed by atoms with E-state index >= 15 is 0 Å². The minimum absolute atomic E-state index is 0.284. The summed E-state index contributed by atoms with van der Waals surface area (Å²) >= 11 is 0. The summed E-state index contributed by atoms with van der Waals surface area (Å²) < 4.78 is 4.73. The van der Waals surface area contributed by atoms with Crippen molar-refractivity contribution in [1.82, 2.24) is 0 Å². The van der Waals surface area contributed by atoms with Gasteiger partial charge in [-0.05, 0) is 5.92 Å². The second-order valence-corrected chi connectivity index (χ2v) is 2.80. The highest BCUT2D eigenvalue weighted by atomic mass is 16.5. The molecular formula is C9H16O2. The van der Waals surface area contributed by atoms with E-state index in [0.717, 1.165) is 0 Å². The first-order valence-corrected chi connectivity index (χ1v) is 3.81. The van der Waals surface area contributed by atoms with Crippen LogP contribution in [0.4, 0.5) is 0 Å². The van der Waals surface area contributed by atoms with E-state index in [1.54, 1.807) is 7.11 Å². The monoisotopic (exact) mass is 156 g/mol. The average molecular weight is 156 g/mol. The Labute approximate surface area is 68.6 Å². The highest BCUT2D eigenvalue weighted by Gasteiger charge is 2.05. The molecule has 0 aliphatic heterocycles. The fraction of sp³-hybridized carbons (Fsp3) is 0.778. The summed E-state index contributed by atoms with van der Waals surface area (Å²) in [7, 11) is 1.60. The number of aliphatic hydroxyl groups is 1. The molecule has 0 saturated heterocycles. The van der Waals surface area contributed by atoms with Gasteiger partial charge in [0.05, 0.1) is 6.10 Å². The maximum absolute atomic E-state index is 9.28. The van der Waals surface area contributed by atoms with E-state index in [9.17, 15) is 5.11 Å². The number of methoxy groups -OCH3 is 1. The highest BCUT2D eigenvalue weighted by Crippen LogP contribution is 2.03. The first-order chi connectivity index (χ1) is 5.18. The summed E-state index contributed by atoms with van der Waals surface area (Å²) in [5.74, 6) is 5.92. The van der Waals surface area contributed by atoms with Crippen molar-refractivity contribution in [2.45, 2.75) is 26.4 Å². The molecular weight excluding hydrogens is 140 g/mol. The molecule has 1 unspecified atom stereocenters. The topological polar surface area (TPSA) is 29.5 Å². The summed E-state index contributed by atoms with van der Waals surface area (Å²) in [6, 6.07) is 0. The quantitative estimate of drug-likeness (QED) is 0.619. The number of ether oxygens (including phenoxy) is 1. The molecule has 64 valence electrons. The lowest BCUT2D eigenvalue weighted by atomic mass is 10.1. The van der Waals surface area contributed by atoms with Crippen molar-refractivity contribution in [2.24, 2.45) is 5.92 Å². The smallest absolute Gasteiger partial charge is 0.107 e. The molecule has 0 saturated carbocycles. The number of hydrogen-bond donors (Lipinski definition) is 1. The maximum Gasteiger partial charge on any atom is 0.107 e. The zero-order valence-corrected chi connectivity index (χ0v) is 7.42. The van der Waals surface area contributed by atoms with Gasteiger partial charge in [-0.25, -0.2) is 0 Å². The Hall–Kier alpha value is -0.520. The van der Waals surface area contributed by atoms with E-state index in [0.29, 0.717) is 13.0 Å². The largest absolute Gasteiger partial charge is 0.392 e. The van der Waals surface area contributed by atoms with Gasteiger partial charge < -0.3 is 9.84 Å². The van der Waals surface area contributed by atoms with Crippen LogP contribution in [0.15, 0.2) is 0 Å². The Bertz CT molecular complexity index is 141. The predicted octanol–water partition coefficient (Wildman–Crippen LogP) is 1.04. The van der Waals surface area contributed by atoms with Crippen molar-refractivity contribution in [3.63, 3.8) is 0 Å². The van der Waals surface area contributed by atoms with E-state index in [1.807, 2.05) is 13.8 Å². The highest BCUT2D eigenvalue weighted by molar-refractivity contribution is 5.00. The lowest BCUT2D eigenvalue weighted by Crippen LogP contribution is -2.13. The van der Waals surface area contributed by atoms with E-state index in [4.69, 9.17) is 4.74 Å². The van der Waals surface area contributed by atoms with Gasteiger partial charge in [-0.3, -0.25) is 0 Å². The Morgan fingerprint density at radius 2 is 2.00 bits per heavy atom. The van der Waals surface area contributed by atoms with Gasteiger partial charge in [0, 0.05) is 13.5 Å². The summed E-state index contributed by atoms with van der Waals surface area (Å²) in [6.45, 7) is 4.40. The zero-order valence-electron chi connectivity index (χ0n) is 7.42. The molecule has 0 amide bonds. The molecule has 0 spiro atoms. The summed E-state index contributed by atoms with van der Waals surface area (Å²) in [4.78, 5) is 0. The van der Waals surface area contributed by atoms with Crippen LogP contribution in [0.5, 0.6) is 0 Å². The molecule has 0 bridgehead atoms. The van der Waals surface area contributed by atoms with E-state index in [2.05, 4.69) is 11.8 Å². The van der Waals surface area contributed by atoms with Crippen LogP contribution in [0.1, 0.15) is 20.3 Å². The molecule has 2 heteroatoms. The third-order valence-electron chi connectivity index (χ3n) is 1.42. The maximum atomic E-state index is 9.28.